The fourth-order valence-corrected chi connectivity index (χ4v) is 3.90. The number of nitrogens with one attached hydrogen (secondary N) is 1. The molecule has 1 heterocycles. The highest BCUT2D eigenvalue weighted by Crippen LogP contribution is 2.64. The molecule has 0 spiro atoms. The number of ether oxygens (including phenoxy) is 1. The van der Waals surface area contributed by atoms with Crippen molar-refractivity contribution < 1.29 is 14.3 Å². The van der Waals surface area contributed by atoms with E-state index in [1.165, 1.54) is 18.4 Å². The van der Waals surface area contributed by atoms with Crippen LogP contribution < -0.4 is 5.32 Å². The maximum atomic E-state index is 12.3. The summed E-state index contributed by atoms with van der Waals surface area (Å²) in [5, 5.41) is 3.27. The summed E-state index contributed by atoms with van der Waals surface area (Å²) in [5.41, 5.74) is -0.448. The Morgan fingerprint density at radius 3 is 2.57 bits per heavy atom. The SMILES string of the molecule is CCCc1cc(C(=O)OC)c(NC(=O)[C@]2(C)CC2(Cl)Cl)s1. The smallest absolute Gasteiger partial charge is 0.340 e. The third kappa shape index (κ3) is 3.05. The fraction of sp³-hybridized carbons (Fsp3) is 0.571. The lowest BCUT2D eigenvalue weighted by Crippen LogP contribution is -2.26. The standard InChI is InChI=1S/C14H17Cl2NO3S/c1-4-5-8-6-9(11(18)20-3)10(21-8)17-12(19)13(2)7-14(13,15)16/h6H,4-5,7H2,1-3H3,(H,17,19)/t13-/m0/s1. The van der Waals surface area contributed by atoms with Crippen molar-refractivity contribution in [2.24, 2.45) is 5.41 Å². The van der Waals surface area contributed by atoms with Gasteiger partial charge < -0.3 is 10.1 Å². The van der Waals surface area contributed by atoms with Gasteiger partial charge in [-0.25, -0.2) is 4.79 Å². The topological polar surface area (TPSA) is 55.4 Å². The molecule has 21 heavy (non-hydrogen) atoms. The summed E-state index contributed by atoms with van der Waals surface area (Å²) in [4.78, 5) is 25.1. The molecule has 0 aromatic carbocycles. The average Bonchev–Trinajstić information content (AvgIpc) is 2.76. The highest BCUT2D eigenvalue weighted by molar-refractivity contribution is 7.16. The van der Waals surface area contributed by atoms with Crippen LogP contribution in [0.1, 0.15) is 41.9 Å². The van der Waals surface area contributed by atoms with Gasteiger partial charge >= 0.3 is 5.97 Å². The monoisotopic (exact) mass is 349 g/mol. The van der Waals surface area contributed by atoms with Crippen LogP contribution in [0.25, 0.3) is 0 Å². The first kappa shape index (κ1) is 16.6. The van der Waals surface area contributed by atoms with Gasteiger partial charge in [-0.3, -0.25) is 4.79 Å². The van der Waals surface area contributed by atoms with Crippen molar-refractivity contribution in [1.82, 2.24) is 0 Å². The highest BCUT2D eigenvalue weighted by Gasteiger charge is 2.68. The lowest BCUT2D eigenvalue weighted by molar-refractivity contribution is -0.120. The normalized spacial score (nSPS) is 22.7. The molecule has 1 atom stereocenters. The Kier molecular flexibility index (Phi) is 4.57. The van der Waals surface area contributed by atoms with Gasteiger partial charge in [0.2, 0.25) is 5.91 Å². The minimum Gasteiger partial charge on any atom is -0.465 e. The summed E-state index contributed by atoms with van der Waals surface area (Å²) in [5.74, 6) is -0.740. The van der Waals surface area contributed by atoms with Gasteiger partial charge in [-0.15, -0.1) is 34.5 Å². The Morgan fingerprint density at radius 1 is 1.48 bits per heavy atom. The van der Waals surface area contributed by atoms with Crippen molar-refractivity contribution in [2.45, 2.75) is 37.4 Å². The number of carbonyl (C=O) groups excluding carboxylic acids is 2. The minimum absolute atomic E-state index is 0.275. The summed E-state index contributed by atoms with van der Waals surface area (Å²) in [6.07, 6.45) is 2.20. The predicted molar refractivity (Wildman–Crippen MR) is 85.4 cm³/mol. The molecule has 2 rings (SSSR count). The van der Waals surface area contributed by atoms with Gasteiger partial charge in [-0.2, -0.15) is 0 Å². The van der Waals surface area contributed by atoms with Gasteiger partial charge in [0.1, 0.15) is 9.33 Å². The van der Waals surface area contributed by atoms with Crippen LogP contribution in [0, 0.1) is 5.41 Å². The van der Waals surface area contributed by atoms with E-state index in [0.29, 0.717) is 17.0 Å². The Labute approximate surface area is 137 Å². The molecule has 7 heteroatoms. The summed E-state index contributed by atoms with van der Waals surface area (Å²) in [6, 6.07) is 1.76. The van der Waals surface area contributed by atoms with E-state index in [2.05, 4.69) is 12.2 Å². The van der Waals surface area contributed by atoms with Gasteiger partial charge in [0.25, 0.3) is 0 Å². The number of carbonyl (C=O) groups is 2. The zero-order valence-electron chi connectivity index (χ0n) is 12.1. The second-order valence-corrected chi connectivity index (χ2v) is 7.99. The predicted octanol–water partition coefficient (Wildman–Crippen LogP) is 4.01. The van der Waals surface area contributed by atoms with Gasteiger partial charge in [0, 0.05) is 4.88 Å². The number of rotatable bonds is 5. The van der Waals surface area contributed by atoms with Gasteiger partial charge in [-0.05, 0) is 25.8 Å². The van der Waals surface area contributed by atoms with Crippen molar-refractivity contribution in [3.05, 3.63) is 16.5 Å². The largest absolute Gasteiger partial charge is 0.465 e. The van der Waals surface area contributed by atoms with Crippen LogP contribution in [0.15, 0.2) is 6.07 Å². The molecule has 1 saturated carbocycles. The molecule has 0 saturated heterocycles. The molecule has 1 aromatic rings. The number of methoxy groups -OCH3 is 1. The summed E-state index contributed by atoms with van der Waals surface area (Å²) in [7, 11) is 1.32. The molecule has 116 valence electrons. The van der Waals surface area contributed by atoms with E-state index in [4.69, 9.17) is 27.9 Å². The molecule has 0 aliphatic heterocycles. The number of thiophene rings is 1. The summed E-state index contributed by atoms with van der Waals surface area (Å²) >= 11 is 13.4. The Morgan fingerprint density at radius 2 is 2.10 bits per heavy atom. The number of esters is 1. The zero-order valence-corrected chi connectivity index (χ0v) is 14.4. The highest BCUT2D eigenvalue weighted by atomic mass is 35.5. The van der Waals surface area contributed by atoms with Crippen LogP contribution in [0.2, 0.25) is 0 Å². The molecule has 1 N–H and O–H groups in total. The molecule has 1 fully saturated rings. The first-order valence-electron chi connectivity index (χ1n) is 6.65. The molecule has 1 aromatic heterocycles. The van der Waals surface area contributed by atoms with Crippen LogP contribution in [-0.2, 0) is 16.0 Å². The van der Waals surface area contributed by atoms with E-state index in [9.17, 15) is 9.59 Å². The minimum atomic E-state index is -1.04. The Balaban J connectivity index is 2.23. The fourth-order valence-electron chi connectivity index (χ4n) is 2.05. The first-order chi connectivity index (χ1) is 9.75. The third-order valence-electron chi connectivity index (χ3n) is 3.67. The van der Waals surface area contributed by atoms with Crippen molar-refractivity contribution in [3.63, 3.8) is 0 Å². The van der Waals surface area contributed by atoms with Crippen LogP contribution in [0.4, 0.5) is 5.00 Å². The average molecular weight is 350 g/mol. The molecule has 0 radical (unpaired) electrons. The van der Waals surface area contributed by atoms with E-state index in [0.717, 1.165) is 17.7 Å². The first-order valence-corrected chi connectivity index (χ1v) is 8.22. The Bertz CT molecular complexity index is 585. The van der Waals surface area contributed by atoms with Crippen molar-refractivity contribution in [1.29, 1.82) is 0 Å². The molecule has 0 bridgehead atoms. The number of aryl methyl sites for hydroxylation is 1. The van der Waals surface area contributed by atoms with E-state index in [1.54, 1.807) is 13.0 Å². The van der Waals surface area contributed by atoms with Crippen LogP contribution in [0.5, 0.6) is 0 Å². The number of amides is 1. The maximum absolute atomic E-state index is 12.3. The molecule has 0 unspecified atom stereocenters. The van der Waals surface area contributed by atoms with Gasteiger partial charge in [0.15, 0.2) is 0 Å². The van der Waals surface area contributed by atoms with E-state index in [-0.39, 0.29) is 5.91 Å². The van der Waals surface area contributed by atoms with Crippen molar-refractivity contribution in [3.8, 4) is 0 Å². The summed E-state index contributed by atoms with van der Waals surface area (Å²) < 4.78 is 3.72. The lowest BCUT2D eigenvalue weighted by atomic mass is 10.1. The van der Waals surface area contributed by atoms with E-state index in [1.807, 2.05) is 0 Å². The van der Waals surface area contributed by atoms with E-state index < -0.39 is 15.7 Å². The summed E-state index contributed by atoms with van der Waals surface area (Å²) in [6.45, 7) is 3.76. The molecule has 1 amide bonds. The van der Waals surface area contributed by atoms with Crippen molar-refractivity contribution in [2.75, 3.05) is 12.4 Å². The van der Waals surface area contributed by atoms with Gasteiger partial charge in [0.05, 0.1) is 18.1 Å². The van der Waals surface area contributed by atoms with E-state index >= 15 is 0 Å². The van der Waals surface area contributed by atoms with Crippen LogP contribution in [0.3, 0.4) is 0 Å². The van der Waals surface area contributed by atoms with Crippen LogP contribution >= 0.6 is 34.5 Å². The van der Waals surface area contributed by atoms with Gasteiger partial charge in [-0.1, -0.05) is 13.3 Å². The second-order valence-electron chi connectivity index (χ2n) is 5.36. The quantitative estimate of drug-likeness (QED) is 0.645. The molecule has 1 aliphatic rings. The Hall–Kier alpha value is -0.780. The number of alkyl halides is 2. The second kappa shape index (κ2) is 5.78. The third-order valence-corrected chi connectivity index (χ3v) is 5.88. The number of halogens is 2. The number of hydrogen-bond donors (Lipinski definition) is 1. The zero-order chi connectivity index (χ0) is 15.8. The molecule has 1 aliphatic carbocycles. The van der Waals surface area contributed by atoms with Crippen LogP contribution in [-0.4, -0.2) is 23.3 Å². The maximum Gasteiger partial charge on any atom is 0.340 e. The lowest BCUT2D eigenvalue weighted by Gasteiger charge is -2.12. The molecular formula is C14H17Cl2NO3S. The molecular weight excluding hydrogens is 333 g/mol. The number of anilines is 1. The molecule has 4 nitrogen and oxygen atoms in total. The van der Waals surface area contributed by atoms with Crippen molar-refractivity contribution >= 4 is 51.4 Å². The number of hydrogen-bond acceptors (Lipinski definition) is 4.